The van der Waals surface area contributed by atoms with Gasteiger partial charge >= 0.3 is 0 Å². The van der Waals surface area contributed by atoms with Gasteiger partial charge in [-0.05, 0) is 75.7 Å². The summed E-state index contributed by atoms with van der Waals surface area (Å²) in [6, 6.07) is 56.0. The molecule has 1 aromatic heterocycles. The number of benzene rings is 7. The Morgan fingerprint density at radius 2 is 1.19 bits per heavy atom. The number of hydrogen-bond donors (Lipinski definition) is 0. The van der Waals surface area contributed by atoms with E-state index in [0.717, 1.165) is 55.6 Å². The van der Waals surface area contributed by atoms with E-state index in [-0.39, 0.29) is 5.41 Å². The predicted octanol–water partition coefficient (Wildman–Crippen LogP) is 12.1. The van der Waals surface area contributed by atoms with Crippen LogP contribution in [0.3, 0.4) is 0 Å². The van der Waals surface area contributed by atoms with Crippen LogP contribution in [0.25, 0.3) is 55.6 Å². The monoisotopic (exact) mass is 604 g/mol. The minimum atomic E-state index is -0.0729. The van der Waals surface area contributed by atoms with Crippen molar-refractivity contribution in [1.82, 2.24) is 4.98 Å². The highest BCUT2D eigenvalue weighted by Gasteiger charge is 2.35. The van der Waals surface area contributed by atoms with Crippen molar-refractivity contribution in [3.8, 4) is 33.7 Å². The molecule has 0 saturated carbocycles. The Balaban J connectivity index is 1.34. The molecule has 224 valence electrons. The van der Waals surface area contributed by atoms with Gasteiger partial charge in [0.1, 0.15) is 5.52 Å². The molecule has 9 rings (SSSR count). The van der Waals surface area contributed by atoms with Gasteiger partial charge in [0.2, 0.25) is 5.89 Å². The zero-order valence-electron chi connectivity index (χ0n) is 26.3. The van der Waals surface area contributed by atoms with Crippen LogP contribution in [0.2, 0.25) is 0 Å². The molecule has 7 aromatic carbocycles. The molecule has 1 aliphatic carbocycles. The van der Waals surface area contributed by atoms with Gasteiger partial charge in [0.15, 0.2) is 5.58 Å². The molecule has 0 aliphatic heterocycles. The highest BCUT2D eigenvalue weighted by molar-refractivity contribution is 6.13. The average Bonchev–Trinajstić information content (AvgIpc) is 3.66. The van der Waals surface area contributed by atoms with E-state index in [1.54, 1.807) is 0 Å². The van der Waals surface area contributed by atoms with Crippen LogP contribution in [0, 0.1) is 0 Å². The predicted molar refractivity (Wildman–Crippen MR) is 195 cm³/mol. The van der Waals surface area contributed by atoms with Crippen molar-refractivity contribution < 1.29 is 4.42 Å². The first-order valence-electron chi connectivity index (χ1n) is 16.1. The molecule has 0 N–H and O–H groups in total. The Kier molecular flexibility index (Phi) is 6.16. The number of hydrogen-bond acceptors (Lipinski definition) is 3. The normalized spacial score (nSPS) is 13.1. The fourth-order valence-corrected chi connectivity index (χ4v) is 7.41. The van der Waals surface area contributed by atoms with Crippen molar-refractivity contribution >= 4 is 38.9 Å². The molecule has 0 radical (unpaired) electrons. The lowest BCUT2D eigenvalue weighted by Crippen LogP contribution is -2.15. The maximum Gasteiger partial charge on any atom is 0.227 e. The van der Waals surface area contributed by atoms with Crippen LogP contribution in [0.4, 0.5) is 17.1 Å². The van der Waals surface area contributed by atoms with Gasteiger partial charge in [0, 0.05) is 22.2 Å². The molecular weight excluding hydrogens is 572 g/mol. The Hall–Kier alpha value is -5.93. The lowest BCUT2D eigenvalue weighted by atomic mass is 9.82. The average molecular weight is 605 g/mol. The van der Waals surface area contributed by atoms with Crippen molar-refractivity contribution in [1.29, 1.82) is 0 Å². The van der Waals surface area contributed by atoms with Crippen LogP contribution in [0.5, 0.6) is 0 Å². The summed E-state index contributed by atoms with van der Waals surface area (Å²) in [7, 11) is 0. The van der Waals surface area contributed by atoms with E-state index in [1.165, 1.54) is 22.3 Å². The van der Waals surface area contributed by atoms with Gasteiger partial charge in [-0.3, -0.25) is 0 Å². The summed E-state index contributed by atoms with van der Waals surface area (Å²) >= 11 is 0. The number of nitrogens with zero attached hydrogens (tertiary/aromatic N) is 2. The summed E-state index contributed by atoms with van der Waals surface area (Å²) in [6.07, 6.45) is 0. The number of fused-ring (bicyclic) bond motifs is 6. The smallest absolute Gasteiger partial charge is 0.227 e. The summed E-state index contributed by atoms with van der Waals surface area (Å²) in [4.78, 5) is 7.35. The Labute approximate surface area is 274 Å². The first-order chi connectivity index (χ1) is 23.1. The summed E-state index contributed by atoms with van der Waals surface area (Å²) < 4.78 is 6.65. The molecule has 0 atom stereocenters. The van der Waals surface area contributed by atoms with Gasteiger partial charge in [-0.25, -0.2) is 4.98 Å². The fourth-order valence-electron chi connectivity index (χ4n) is 7.41. The van der Waals surface area contributed by atoms with Crippen molar-refractivity contribution in [2.75, 3.05) is 4.90 Å². The summed E-state index contributed by atoms with van der Waals surface area (Å²) in [5, 5.41) is 2.13. The number of oxazole rings is 1. The first kappa shape index (κ1) is 27.4. The fraction of sp³-hybridized carbons (Fsp3) is 0.0682. The molecule has 8 aromatic rings. The van der Waals surface area contributed by atoms with Crippen LogP contribution in [0.15, 0.2) is 162 Å². The molecular formula is C44H32N2O. The van der Waals surface area contributed by atoms with Gasteiger partial charge in [-0.1, -0.05) is 129 Å². The van der Waals surface area contributed by atoms with Crippen molar-refractivity contribution in [2.45, 2.75) is 19.3 Å². The third-order valence-corrected chi connectivity index (χ3v) is 9.69. The quantitative estimate of drug-likeness (QED) is 0.196. The van der Waals surface area contributed by atoms with Crippen molar-refractivity contribution in [3.63, 3.8) is 0 Å². The zero-order chi connectivity index (χ0) is 31.5. The molecule has 1 heterocycles. The molecule has 3 nitrogen and oxygen atoms in total. The van der Waals surface area contributed by atoms with Crippen molar-refractivity contribution in [2.24, 2.45) is 0 Å². The maximum atomic E-state index is 6.65. The highest BCUT2D eigenvalue weighted by Crippen LogP contribution is 2.52. The van der Waals surface area contributed by atoms with E-state index in [9.17, 15) is 0 Å². The highest BCUT2D eigenvalue weighted by atomic mass is 16.3. The second-order valence-electron chi connectivity index (χ2n) is 12.8. The van der Waals surface area contributed by atoms with E-state index in [4.69, 9.17) is 9.40 Å². The largest absolute Gasteiger partial charge is 0.435 e. The maximum absolute atomic E-state index is 6.65. The van der Waals surface area contributed by atoms with Crippen LogP contribution < -0.4 is 4.90 Å². The van der Waals surface area contributed by atoms with Gasteiger partial charge in [0.05, 0.1) is 16.8 Å². The number of rotatable bonds is 5. The van der Waals surface area contributed by atoms with Gasteiger partial charge in [-0.2, -0.15) is 0 Å². The zero-order valence-corrected chi connectivity index (χ0v) is 26.3. The Morgan fingerprint density at radius 1 is 0.532 bits per heavy atom. The SMILES string of the molecule is CC1(C)c2ccccc2-c2cc(N(c3ccccc3-c3ccccc3)c3cccc4ccc5nc(-c6ccccc6)oc5c34)ccc21. The van der Waals surface area contributed by atoms with Crippen LogP contribution in [-0.4, -0.2) is 4.98 Å². The third kappa shape index (κ3) is 4.31. The molecule has 0 spiro atoms. The minimum absolute atomic E-state index is 0.0729. The standard InChI is InChI=1S/C44H32N2O/c1-44(2)36-21-11-9-20-34(36)35-28-32(25-26-37(35)44)46(39-22-12-10-19-33(39)29-14-5-3-6-15-29)40-23-13-18-30-24-27-38-42(41(30)40)47-43(45-38)31-16-7-4-8-17-31/h3-28H,1-2H3. The number of aromatic nitrogens is 1. The molecule has 0 saturated heterocycles. The number of para-hydroxylation sites is 1. The van der Waals surface area contributed by atoms with Crippen LogP contribution >= 0.6 is 0 Å². The molecule has 3 heteroatoms. The van der Waals surface area contributed by atoms with Gasteiger partial charge in [0.25, 0.3) is 0 Å². The molecule has 0 fully saturated rings. The first-order valence-corrected chi connectivity index (χ1v) is 16.1. The lowest BCUT2D eigenvalue weighted by Gasteiger charge is -2.30. The summed E-state index contributed by atoms with van der Waals surface area (Å²) in [6.45, 7) is 4.66. The second kappa shape index (κ2) is 10.6. The Bertz CT molecular complexity index is 2440. The van der Waals surface area contributed by atoms with Crippen molar-refractivity contribution in [3.05, 3.63) is 169 Å². The molecule has 0 unspecified atom stereocenters. The second-order valence-corrected chi connectivity index (χ2v) is 12.8. The summed E-state index contributed by atoms with van der Waals surface area (Å²) in [5.74, 6) is 0.621. The molecule has 0 amide bonds. The minimum Gasteiger partial charge on any atom is -0.435 e. The number of anilines is 3. The van der Waals surface area contributed by atoms with E-state index in [0.29, 0.717) is 5.89 Å². The molecule has 1 aliphatic rings. The Morgan fingerprint density at radius 3 is 2.00 bits per heavy atom. The third-order valence-electron chi connectivity index (χ3n) is 9.69. The van der Waals surface area contributed by atoms with Crippen LogP contribution in [0.1, 0.15) is 25.0 Å². The van der Waals surface area contributed by atoms with Crippen LogP contribution in [-0.2, 0) is 5.41 Å². The molecule has 0 bridgehead atoms. The summed E-state index contributed by atoms with van der Waals surface area (Å²) in [5.41, 5.74) is 13.3. The van der Waals surface area contributed by atoms with Gasteiger partial charge in [-0.15, -0.1) is 0 Å². The van der Waals surface area contributed by atoms with Gasteiger partial charge < -0.3 is 9.32 Å². The van der Waals surface area contributed by atoms with E-state index >= 15 is 0 Å². The van der Waals surface area contributed by atoms with E-state index in [2.05, 4.69) is 146 Å². The van der Waals surface area contributed by atoms with E-state index in [1.807, 2.05) is 30.3 Å². The topological polar surface area (TPSA) is 29.3 Å². The van der Waals surface area contributed by atoms with E-state index < -0.39 is 0 Å². The molecule has 47 heavy (non-hydrogen) atoms. The lowest BCUT2D eigenvalue weighted by molar-refractivity contribution is 0.623.